The largest absolute Gasteiger partial charge is 0.494 e. The van der Waals surface area contributed by atoms with E-state index in [9.17, 15) is 0 Å². The molecule has 0 bridgehead atoms. The Labute approximate surface area is 126 Å². The van der Waals surface area contributed by atoms with Gasteiger partial charge in [0.2, 0.25) is 0 Å². The molecule has 1 aromatic carbocycles. The molecule has 0 fully saturated rings. The van der Waals surface area contributed by atoms with E-state index in [0.29, 0.717) is 0 Å². The first-order valence-corrected chi connectivity index (χ1v) is 8.06. The van der Waals surface area contributed by atoms with E-state index in [1.54, 1.807) is 11.3 Å². The van der Waals surface area contributed by atoms with Crippen LogP contribution in [0.4, 0.5) is 0 Å². The molecule has 2 rings (SSSR count). The van der Waals surface area contributed by atoms with Crippen LogP contribution in [-0.2, 0) is 0 Å². The van der Waals surface area contributed by atoms with Gasteiger partial charge in [-0.25, -0.2) is 0 Å². The summed E-state index contributed by atoms with van der Waals surface area (Å²) < 4.78 is 6.77. The molecular weight excluding hydrogens is 322 g/mol. The molecule has 1 N–H and O–H groups in total. The van der Waals surface area contributed by atoms with E-state index in [2.05, 4.69) is 51.7 Å². The van der Waals surface area contributed by atoms with E-state index >= 15 is 0 Å². The highest BCUT2D eigenvalue weighted by atomic mass is 79.9. The molecule has 1 unspecified atom stereocenters. The van der Waals surface area contributed by atoms with Crippen LogP contribution in [0.25, 0.3) is 0 Å². The van der Waals surface area contributed by atoms with Crippen LogP contribution < -0.4 is 10.1 Å². The number of rotatable bonds is 6. The molecule has 0 aliphatic carbocycles. The molecule has 0 spiro atoms. The summed E-state index contributed by atoms with van der Waals surface area (Å²) >= 11 is 5.35. The van der Waals surface area contributed by atoms with Crippen LogP contribution in [0.2, 0.25) is 0 Å². The van der Waals surface area contributed by atoms with Crippen molar-refractivity contribution in [2.75, 3.05) is 13.7 Å². The molecule has 0 radical (unpaired) electrons. The minimum absolute atomic E-state index is 0.217. The van der Waals surface area contributed by atoms with Gasteiger partial charge in [0.05, 0.1) is 12.6 Å². The lowest BCUT2D eigenvalue weighted by Gasteiger charge is -2.16. The maximum absolute atomic E-state index is 5.61. The highest BCUT2D eigenvalue weighted by Crippen LogP contribution is 2.33. The Balaban J connectivity index is 2.18. The van der Waals surface area contributed by atoms with Crippen LogP contribution in [0.15, 0.2) is 40.2 Å². The first-order chi connectivity index (χ1) is 9.26. The Morgan fingerprint density at radius 3 is 2.53 bits per heavy atom. The molecule has 2 aromatic rings. The molecule has 0 amide bonds. The van der Waals surface area contributed by atoms with E-state index in [4.69, 9.17) is 4.74 Å². The van der Waals surface area contributed by atoms with Crippen molar-refractivity contribution in [1.82, 2.24) is 5.32 Å². The SMILES string of the molecule is CCCOc1ccc(C(NC)c2sccc2Br)cc1. The lowest BCUT2D eigenvalue weighted by molar-refractivity contribution is 0.317. The second kappa shape index (κ2) is 7.08. The molecule has 102 valence electrons. The maximum Gasteiger partial charge on any atom is 0.119 e. The third-order valence-corrected chi connectivity index (χ3v) is 4.82. The Bertz CT molecular complexity index is 509. The Kier molecular flexibility index (Phi) is 5.43. The van der Waals surface area contributed by atoms with Gasteiger partial charge in [0.15, 0.2) is 0 Å². The van der Waals surface area contributed by atoms with Gasteiger partial charge in [-0.2, -0.15) is 0 Å². The third kappa shape index (κ3) is 3.59. The van der Waals surface area contributed by atoms with Crippen LogP contribution in [0, 0.1) is 0 Å². The molecule has 1 heterocycles. The van der Waals surface area contributed by atoms with E-state index in [-0.39, 0.29) is 6.04 Å². The highest BCUT2D eigenvalue weighted by Gasteiger charge is 2.16. The summed E-state index contributed by atoms with van der Waals surface area (Å²) in [5, 5.41) is 5.46. The lowest BCUT2D eigenvalue weighted by Crippen LogP contribution is -2.16. The van der Waals surface area contributed by atoms with Crippen molar-refractivity contribution in [3.63, 3.8) is 0 Å². The summed E-state index contributed by atoms with van der Waals surface area (Å²) in [7, 11) is 1.98. The average Bonchev–Trinajstić information content (AvgIpc) is 2.85. The zero-order valence-corrected chi connectivity index (χ0v) is 13.6. The molecule has 0 saturated heterocycles. The third-order valence-electron chi connectivity index (χ3n) is 2.88. The smallest absolute Gasteiger partial charge is 0.119 e. The van der Waals surface area contributed by atoms with Gasteiger partial charge >= 0.3 is 0 Å². The van der Waals surface area contributed by atoms with Crippen molar-refractivity contribution in [1.29, 1.82) is 0 Å². The number of halogens is 1. The number of hydrogen-bond acceptors (Lipinski definition) is 3. The van der Waals surface area contributed by atoms with Crippen LogP contribution in [0.5, 0.6) is 5.75 Å². The van der Waals surface area contributed by atoms with Crippen molar-refractivity contribution in [3.05, 3.63) is 50.6 Å². The topological polar surface area (TPSA) is 21.3 Å². The van der Waals surface area contributed by atoms with E-state index in [1.807, 2.05) is 19.2 Å². The quantitative estimate of drug-likeness (QED) is 0.829. The van der Waals surface area contributed by atoms with E-state index < -0.39 is 0 Å². The van der Waals surface area contributed by atoms with Crippen molar-refractivity contribution in [2.24, 2.45) is 0 Å². The number of hydrogen-bond donors (Lipinski definition) is 1. The minimum atomic E-state index is 0.217. The molecule has 0 saturated carbocycles. The summed E-state index contributed by atoms with van der Waals surface area (Å²) in [4.78, 5) is 1.30. The van der Waals surface area contributed by atoms with Crippen molar-refractivity contribution >= 4 is 27.3 Å². The fourth-order valence-electron chi connectivity index (χ4n) is 1.94. The summed E-state index contributed by atoms with van der Waals surface area (Å²) in [5.41, 5.74) is 1.24. The first kappa shape index (κ1) is 14.6. The molecule has 2 nitrogen and oxygen atoms in total. The highest BCUT2D eigenvalue weighted by molar-refractivity contribution is 9.10. The zero-order valence-electron chi connectivity index (χ0n) is 11.2. The fraction of sp³-hybridized carbons (Fsp3) is 0.333. The molecule has 0 aliphatic heterocycles. The van der Waals surface area contributed by atoms with E-state index in [1.165, 1.54) is 10.4 Å². The number of thiophene rings is 1. The second-order valence-corrected chi connectivity index (χ2v) is 6.07. The van der Waals surface area contributed by atoms with Crippen molar-refractivity contribution < 1.29 is 4.74 Å². The lowest BCUT2D eigenvalue weighted by atomic mass is 10.1. The van der Waals surface area contributed by atoms with Gasteiger partial charge in [-0.05, 0) is 58.5 Å². The van der Waals surface area contributed by atoms with Crippen molar-refractivity contribution in [2.45, 2.75) is 19.4 Å². The van der Waals surface area contributed by atoms with Crippen LogP contribution in [-0.4, -0.2) is 13.7 Å². The van der Waals surface area contributed by atoms with Gasteiger partial charge < -0.3 is 10.1 Å². The Hall–Kier alpha value is -0.840. The summed E-state index contributed by atoms with van der Waals surface area (Å²) in [6.07, 6.45) is 1.03. The summed E-state index contributed by atoms with van der Waals surface area (Å²) in [5.74, 6) is 0.936. The molecule has 1 aromatic heterocycles. The predicted octanol–water partition coefficient (Wildman–Crippen LogP) is 4.61. The summed E-state index contributed by atoms with van der Waals surface area (Å²) in [6.45, 7) is 2.88. The molecule has 19 heavy (non-hydrogen) atoms. The fourth-order valence-corrected chi connectivity index (χ4v) is 3.67. The van der Waals surface area contributed by atoms with Gasteiger partial charge in [0, 0.05) is 9.35 Å². The average molecular weight is 340 g/mol. The first-order valence-electron chi connectivity index (χ1n) is 6.39. The minimum Gasteiger partial charge on any atom is -0.494 e. The van der Waals surface area contributed by atoms with E-state index in [0.717, 1.165) is 23.2 Å². The van der Waals surface area contributed by atoms with Gasteiger partial charge in [-0.1, -0.05) is 19.1 Å². The van der Waals surface area contributed by atoms with Gasteiger partial charge in [0.1, 0.15) is 5.75 Å². The number of ether oxygens (including phenoxy) is 1. The summed E-state index contributed by atoms with van der Waals surface area (Å²) in [6, 6.07) is 10.6. The normalized spacial score (nSPS) is 12.4. The number of nitrogens with one attached hydrogen (secondary N) is 1. The Morgan fingerprint density at radius 1 is 1.26 bits per heavy atom. The maximum atomic E-state index is 5.61. The molecular formula is C15H18BrNOS. The predicted molar refractivity (Wildman–Crippen MR) is 85.1 cm³/mol. The van der Waals surface area contributed by atoms with Gasteiger partial charge in [0.25, 0.3) is 0 Å². The van der Waals surface area contributed by atoms with Crippen LogP contribution in [0.3, 0.4) is 0 Å². The molecule has 4 heteroatoms. The van der Waals surface area contributed by atoms with Gasteiger partial charge in [-0.15, -0.1) is 11.3 Å². The Morgan fingerprint density at radius 2 is 2.00 bits per heavy atom. The zero-order chi connectivity index (χ0) is 13.7. The molecule has 0 aliphatic rings. The van der Waals surface area contributed by atoms with Crippen LogP contribution >= 0.6 is 27.3 Å². The van der Waals surface area contributed by atoms with Gasteiger partial charge in [-0.3, -0.25) is 0 Å². The molecule has 1 atom stereocenters. The van der Waals surface area contributed by atoms with Crippen molar-refractivity contribution in [3.8, 4) is 5.75 Å². The standard InChI is InChI=1S/C15H18BrNOS/c1-3-9-18-12-6-4-11(5-7-12)14(17-2)15-13(16)8-10-19-15/h4-8,10,14,17H,3,9H2,1-2H3. The number of benzene rings is 1. The second-order valence-electron chi connectivity index (χ2n) is 4.27. The monoisotopic (exact) mass is 339 g/mol. The van der Waals surface area contributed by atoms with Crippen LogP contribution in [0.1, 0.15) is 29.8 Å².